The van der Waals surface area contributed by atoms with Crippen molar-refractivity contribution < 1.29 is 4.79 Å². The van der Waals surface area contributed by atoms with Crippen molar-refractivity contribution >= 4 is 5.78 Å². The third-order valence-electron chi connectivity index (χ3n) is 4.29. The first-order chi connectivity index (χ1) is 6.77. The van der Waals surface area contributed by atoms with Crippen LogP contribution in [0.5, 0.6) is 0 Å². The Morgan fingerprint density at radius 2 is 2.07 bits per heavy atom. The Balaban J connectivity index is 2.08. The van der Waals surface area contributed by atoms with Crippen LogP contribution in [0.4, 0.5) is 0 Å². The molecular formula is C12H21NO. The third-order valence-corrected chi connectivity index (χ3v) is 4.29. The first kappa shape index (κ1) is 10.2. The summed E-state index contributed by atoms with van der Waals surface area (Å²) in [5, 5.41) is 3.26. The lowest BCUT2D eigenvalue weighted by molar-refractivity contribution is -0.124. The fraction of sp³-hybridized carbons (Fsp3) is 0.917. The van der Waals surface area contributed by atoms with Crippen molar-refractivity contribution in [2.75, 3.05) is 13.6 Å². The SMILES string of the molecule is CNCC1CC(=O)CCC12CCCC2. The van der Waals surface area contributed by atoms with Crippen molar-refractivity contribution in [3.63, 3.8) is 0 Å². The molecule has 14 heavy (non-hydrogen) atoms. The number of carbonyl (C=O) groups is 1. The molecule has 0 aromatic rings. The van der Waals surface area contributed by atoms with Gasteiger partial charge in [-0.3, -0.25) is 4.79 Å². The molecule has 1 spiro atoms. The van der Waals surface area contributed by atoms with Gasteiger partial charge in [-0.15, -0.1) is 0 Å². The van der Waals surface area contributed by atoms with Gasteiger partial charge in [0.25, 0.3) is 0 Å². The Kier molecular flexibility index (Phi) is 2.91. The van der Waals surface area contributed by atoms with Gasteiger partial charge in [0.15, 0.2) is 0 Å². The smallest absolute Gasteiger partial charge is 0.133 e. The Labute approximate surface area is 86.5 Å². The zero-order valence-corrected chi connectivity index (χ0v) is 9.14. The number of ketones is 1. The molecule has 80 valence electrons. The quantitative estimate of drug-likeness (QED) is 0.731. The van der Waals surface area contributed by atoms with Gasteiger partial charge < -0.3 is 5.32 Å². The van der Waals surface area contributed by atoms with E-state index < -0.39 is 0 Å². The maximum absolute atomic E-state index is 11.5. The number of rotatable bonds is 2. The third kappa shape index (κ3) is 1.72. The second-order valence-corrected chi connectivity index (χ2v) is 5.07. The van der Waals surface area contributed by atoms with Gasteiger partial charge in [0.2, 0.25) is 0 Å². The molecule has 0 aliphatic heterocycles. The fourth-order valence-corrected chi connectivity index (χ4v) is 3.46. The van der Waals surface area contributed by atoms with Gasteiger partial charge in [-0.05, 0) is 44.2 Å². The summed E-state index contributed by atoms with van der Waals surface area (Å²) in [6.07, 6.45) is 8.35. The van der Waals surface area contributed by atoms with E-state index in [9.17, 15) is 4.79 Å². The summed E-state index contributed by atoms with van der Waals surface area (Å²) in [4.78, 5) is 11.5. The van der Waals surface area contributed by atoms with Crippen LogP contribution >= 0.6 is 0 Å². The summed E-state index contributed by atoms with van der Waals surface area (Å²) in [6, 6.07) is 0. The molecule has 1 atom stereocenters. The summed E-state index contributed by atoms with van der Waals surface area (Å²) in [5.74, 6) is 1.11. The first-order valence-corrected chi connectivity index (χ1v) is 5.93. The van der Waals surface area contributed by atoms with E-state index in [2.05, 4.69) is 5.32 Å². The standard InChI is InChI=1S/C12H21NO/c1-13-9-10-8-11(14)4-7-12(10)5-2-3-6-12/h10,13H,2-9H2,1H3. The van der Waals surface area contributed by atoms with Crippen LogP contribution in [0.3, 0.4) is 0 Å². The molecule has 2 rings (SSSR count). The predicted molar refractivity (Wildman–Crippen MR) is 57.2 cm³/mol. The van der Waals surface area contributed by atoms with Gasteiger partial charge in [-0.2, -0.15) is 0 Å². The molecule has 0 heterocycles. The van der Waals surface area contributed by atoms with E-state index in [-0.39, 0.29) is 0 Å². The normalized spacial score (nSPS) is 31.2. The highest BCUT2D eigenvalue weighted by Crippen LogP contribution is 2.51. The number of hydrogen-bond donors (Lipinski definition) is 1. The summed E-state index contributed by atoms with van der Waals surface area (Å²) < 4.78 is 0. The highest BCUT2D eigenvalue weighted by atomic mass is 16.1. The Morgan fingerprint density at radius 3 is 2.71 bits per heavy atom. The van der Waals surface area contributed by atoms with E-state index in [1.54, 1.807) is 0 Å². The average molecular weight is 195 g/mol. The van der Waals surface area contributed by atoms with Crippen molar-refractivity contribution in [1.29, 1.82) is 0 Å². The maximum Gasteiger partial charge on any atom is 0.133 e. The molecule has 0 saturated heterocycles. The highest BCUT2D eigenvalue weighted by molar-refractivity contribution is 5.79. The summed E-state index contributed by atoms with van der Waals surface area (Å²) in [5.41, 5.74) is 0.539. The van der Waals surface area contributed by atoms with E-state index >= 15 is 0 Å². The lowest BCUT2D eigenvalue weighted by Crippen LogP contribution is -2.40. The van der Waals surface area contributed by atoms with Crippen molar-refractivity contribution in [3.05, 3.63) is 0 Å². The molecule has 0 radical (unpaired) electrons. The lowest BCUT2D eigenvalue weighted by Gasteiger charge is -2.41. The van der Waals surface area contributed by atoms with Gasteiger partial charge in [0.1, 0.15) is 5.78 Å². The van der Waals surface area contributed by atoms with E-state index in [0.29, 0.717) is 17.1 Å². The summed E-state index contributed by atoms with van der Waals surface area (Å²) >= 11 is 0. The minimum Gasteiger partial charge on any atom is -0.319 e. The number of hydrogen-bond acceptors (Lipinski definition) is 2. The lowest BCUT2D eigenvalue weighted by atomic mass is 9.65. The molecule has 2 nitrogen and oxygen atoms in total. The number of carbonyl (C=O) groups excluding carboxylic acids is 1. The highest BCUT2D eigenvalue weighted by Gasteiger charge is 2.44. The minimum atomic E-state index is 0.489. The van der Waals surface area contributed by atoms with E-state index in [0.717, 1.165) is 25.8 Å². The maximum atomic E-state index is 11.5. The van der Waals surface area contributed by atoms with E-state index in [1.165, 1.54) is 25.7 Å². The van der Waals surface area contributed by atoms with Crippen LogP contribution < -0.4 is 5.32 Å². The Morgan fingerprint density at radius 1 is 1.36 bits per heavy atom. The summed E-state index contributed by atoms with van der Waals surface area (Å²) in [7, 11) is 2.00. The van der Waals surface area contributed by atoms with Crippen LogP contribution in [0.1, 0.15) is 44.9 Å². The molecule has 0 bridgehead atoms. The molecule has 0 aromatic carbocycles. The Bertz CT molecular complexity index is 218. The number of nitrogens with one attached hydrogen (secondary N) is 1. The van der Waals surface area contributed by atoms with Crippen LogP contribution in [0.2, 0.25) is 0 Å². The van der Waals surface area contributed by atoms with Crippen LogP contribution in [0.15, 0.2) is 0 Å². The van der Waals surface area contributed by atoms with Crippen LogP contribution in [-0.2, 0) is 4.79 Å². The molecule has 0 amide bonds. The van der Waals surface area contributed by atoms with Crippen molar-refractivity contribution in [2.24, 2.45) is 11.3 Å². The minimum absolute atomic E-state index is 0.489. The zero-order valence-electron chi connectivity index (χ0n) is 9.14. The van der Waals surface area contributed by atoms with Gasteiger partial charge in [0, 0.05) is 12.8 Å². The van der Waals surface area contributed by atoms with E-state index in [4.69, 9.17) is 0 Å². The molecule has 2 saturated carbocycles. The van der Waals surface area contributed by atoms with E-state index in [1.807, 2.05) is 7.05 Å². The van der Waals surface area contributed by atoms with Gasteiger partial charge in [-0.1, -0.05) is 12.8 Å². The molecule has 2 fully saturated rings. The molecule has 1 N–H and O–H groups in total. The molecule has 1 unspecified atom stereocenters. The predicted octanol–water partition coefficient (Wildman–Crippen LogP) is 2.14. The topological polar surface area (TPSA) is 29.1 Å². The second kappa shape index (κ2) is 4.01. The Hall–Kier alpha value is -0.370. The fourth-order valence-electron chi connectivity index (χ4n) is 3.46. The molecule has 2 aliphatic rings. The van der Waals surface area contributed by atoms with Crippen LogP contribution in [0.25, 0.3) is 0 Å². The number of Topliss-reactive ketones (excluding diaryl/α,β-unsaturated/α-hetero) is 1. The average Bonchev–Trinajstić information content (AvgIpc) is 2.62. The van der Waals surface area contributed by atoms with Crippen molar-refractivity contribution in [3.8, 4) is 0 Å². The zero-order chi connectivity index (χ0) is 10.0. The largest absolute Gasteiger partial charge is 0.319 e. The van der Waals surface area contributed by atoms with Crippen molar-refractivity contribution in [2.45, 2.75) is 44.9 Å². The molecule has 2 aliphatic carbocycles. The van der Waals surface area contributed by atoms with Gasteiger partial charge in [-0.25, -0.2) is 0 Å². The molecule has 2 heteroatoms. The summed E-state index contributed by atoms with van der Waals surface area (Å²) in [6.45, 7) is 1.03. The van der Waals surface area contributed by atoms with Gasteiger partial charge in [0.05, 0.1) is 0 Å². The van der Waals surface area contributed by atoms with Gasteiger partial charge >= 0.3 is 0 Å². The second-order valence-electron chi connectivity index (χ2n) is 5.07. The molecular weight excluding hydrogens is 174 g/mol. The molecule has 0 aromatic heterocycles. The van der Waals surface area contributed by atoms with Crippen LogP contribution in [0, 0.1) is 11.3 Å². The first-order valence-electron chi connectivity index (χ1n) is 5.93. The van der Waals surface area contributed by atoms with Crippen LogP contribution in [-0.4, -0.2) is 19.4 Å². The van der Waals surface area contributed by atoms with Crippen molar-refractivity contribution in [1.82, 2.24) is 5.32 Å². The monoisotopic (exact) mass is 195 g/mol.